The van der Waals surface area contributed by atoms with Gasteiger partial charge in [0.1, 0.15) is 0 Å². The van der Waals surface area contributed by atoms with Crippen molar-refractivity contribution in [1.82, 2.24) is 0 Å². The molecule has 1 rings (SSSR count). The van der Waals surface area contributed by atoms with Crippen LogP contribution < -0.4 is 9.47 Å². The largest absolute Gasteiger partial charge is 0.493 e. The zero-order chi connectivity index (χ0) is 11.6. The molecule has 15 heavy (non-hydrogen) atoms. The van der Waals surface area contributed by atoms with E-state index in [1.165, 1.54) is 14.2 Å². The topological polar surface area (TPSA) is 18.5 Å². The Balaban J connectivity index is 3.32. The summed E-state index contributed by atoms with van der Waals surface area (Å²) in [4.78, 5) is 0. The number of benzene rings is 1. The summed E-state index contributed by atoms with van der Waals surface area (Å²) in [6, 6.07) is 1.84. The number of rotatable bonds is 2. The maximum Gasteiger partial charge on any atom is 0.416 e. The van der Waals surface area contributed by atoms with Gasteiger partial charge in [0.05, 0.1) is 24.3 Å². The predicted octanol–water partition coefficient (Wildman–Crippen LogP) is 3.49. The van der Waals surface area contributed by atoms with Gasteiger partial charge < -0.3 is 9.47 Å². The van der Waals surface area contributed by atoms with Gasteiger partial charge >= 0.3 is 6.18 Å². The van der Waals surface area contributed by atoms with Crippen molar-refractivity contribution in [1.29, 1.82) is 0 Å². The van der Waals surface area contributed by atoms with Gasteiger partial charge in [-0.15, -0.1) is 0 Å². The molecule has 0 spiro atoms. The van der Waals surface area contributed by atoms with Crippen LogP contribution in [0.15, 0.2) is 16.6 Å². The highest BCUT2D eigenvalue weighted by Gasteiger charge is 2.32. The molecule has 1 aromatic carbocycles. The number of halogens is 4. The van der Waals surface area contributed by atoms with Crippen molar-refractivity contribution < 1.29 is 22.6 Å². The molecule has 0 amide bonds. The summed E-state index contributed by atoms with van der Waals surface area (Å²) >= 11 is 2.99. The van der Waals surface area contributed by atoms with E-state index in [0.29, 0.717) is 0 Å². The molecule has 0 saturated carbocycles. The fraction of sp³-hybridized carbons (Fsp3) is 0.333. The minimum absolute atomic E-state index is 0.0409. The van der Waals surface area contributed by atoms with E-state index in [1.807, 2.05) is 0 Å². The Labute approximate surface area is 93.1 Å². The van der Waals surface area contributed by atoms with E-state index in [1.54, 1.807) is 0 Å². The molecule has 0 aliphatic carbocycles. The summed E-state index contributed by atoms with van der Waals surface area (Å²) in [7, 11) is 2.64. The van der Waals surface area contributed by atoms with Gasteiger partial charge in [-0.2, -0.15) is 13.2 Å². The first-order valence-electron chi connectivity index (χ1n) is 3.89. The van der Waals surface area contributed by atoms with Gasteiger partial charge in [0.2, 0.25) is 0 Å². The summed E-state index contributed by atoms with van der Waals surface area (Å²) < 4.78 is 47.1. The highest BCUT2D eigenvalue weighted by atomic mass is 79.9. The van der Waals surface area contributed by atoms with Gasteiger partial charge in [-0.05, 0) is 28.1 Å². The molecule has 0 bridgehead atoms. The van der Waals surface area contributed by atoms with Crippen molar-refractivity contribution in [3.63, 3.8) is 0 Å². The molecule has 0 heterocycles. The summed E-state index contributed by atoms with van der Waals surface area (Å²) in [5, 5.41) is 0. The Morgan fingerprint density at radius 2 is 1.73 bits per heavy atom. The third-order valence-electron chi connectivity index (χ3n) is 1.76. The highest BCUT2D eigenvalue weighted by Crippen LogP contribution is 2.41. The molecule has 84 valence electrons. The molecule has 6 heteroatoms. The molecule has 0 aliphatic rings. The fourth-order valence-corrected chi connectivity index (χ4v) is 1.69. The van der Waals surface area contributed by atoms with Crippen molar-refractivity contribution in [3.05, 3.63) is 22.2 Å². The number of ether oxygens (including phenoxy) is 2. The molecule has 0 aromatic heterocycles. The maximum atomic E-state index is 12.4. The minimum atomic E-state index is -4.40. The summed E-state index contributed by atoms with van der Waals surface area (Å²) in [6.45, 7) is 0. The molecular formula is C9H8BrF3O2. The molecule has 0 N–H and O–H groups in total. The average Bonchev–Trinajstić information content (AvgIpc) is 2.15. The van der Waals surface area contributed by atoms with E-state index in [0.717, 1.165) is 12.1 Å². The van der Waals surface area contributed by atoms with Gasteiger partial charge in [-0.1, -0.05) is 0 Å². The molecule has 1 aromatic rings. The van der Waals surface area contributed by atoms with Crippen molar-refractivity contribution in [2.75, 3.05) is 14.2 Å². The lowest BCUT2D eigenvalue weighted by Crippen LogP contribution is -2.06. The summed E-state index contributed by atoms with van der Waals surface area (Å²) in [5.41, 5.74) is -0.785. The van der Waals surface area contributed by atoms with Gasteiger partial charge in [-0.3, -0.25) is 0 Å². The van der Waals surface area contributed by atoms with Crippen LogP contribution in [-0.2, 0) is 6.18 Å². The number of hydrogen-bond donors (Lipinski definition) is 0. The van der Waals surface area contributed by atoms with E-state index in [9.17, 15) is 13.2 Å². The first-order valence-corrected chi connectivity index (χ1v) is 4.68. The predicted molar refractivity (Wildman–Crippen MR) is 52.2 cm³/mol. The van der Waals surface area contributed by atoms with Crippen molar-refractivity contribution in [2.24, 2.45) is 0 Å². The van der Waals surface area contributed by atoms with Crippen molar-refractivity contribution in [2.45, 2.75) is 6.18 Å². The zero-order valence-electron chi connectivity index (χ0n) is 7.98. The van der Waals surface area contributed by atoms with Gasteiger partial charge in [0.15, 0.2) is 11.5 Å². The minimum Gasteiger partial charge on any atom is -0.493 e. The van der Waals surface area contributed by atoms with Crippen molar-refractivity contribution >= 4 is 15.9 Å². The van der Waals surface area contributed by atoms with Crippen LogP contribution in [0.5, 0.6) is 11.5 Å². The second kappa shape index (κ2) is 4.30. The SMILES string of the molecule is COc1cc(C(F)(F)F)cc(Br)c1OC. The third-order valence-corrected chi connectivity index (χ3v) is 2.35. The van der Waals surface area contributed by atoms with Gasteiger partial charge in [0.25, 0.3) is 0 Å². The lowest BCUT2D eigenvalue weighted by atomic mass is 10.2. The van der Waals surface area contributed by atoms with Crippen LogP contribution in [-0.4, -0.2) is 14.2 Å². The van der Waals surface area contributed by atoms with Crippen LogP contribution in [0.4, 0.5) is 13.2 Å². The summed E-state index contributed by atoms with van der Waals surface area (Å²) in [5.74, 6) is 0.282. The van der Waals surface area contributed by atoms with Crippen LogP contribution >= 0.6 is 15.9 Å². The lowest BCUT2D eigenvalue weighted by molar-refractivity contribution is -0.137. The Morgan fingerprint density at radius 3 is 2.13 bits per heavy atom. The molecule has 2 nitrogen and oxygen atoms in total. The molecular weight excluding hydrogens is 277 g/mol. The van der Waals surface area contributed by atoms with Crippen LogP contribution in [0, 0.1) is 0 Å². The second-order valence-electron chi connectivity index (χ2n) is 2.69. The van der Waals surface area contributed by atoms with Gasteiger partial charge in [0, 0.05) is 0 Å². The molecule has 0 radical (unpaired) electrons. The first-order chi connectivity index (χ1) is 6.90. The van der Waals surface area contributed by atoms with E-state index in [4.69, 9.17) is 9.47 Å². The molecule has 0 atom stereocenters. The standard InChI is InChI=1S/C9H8BrF3O2/c1-14-7-4-5(9(11,12)13)3-6(10)8(7)15-2/h3-4H,1-2H3. The second-order valence-corrected chi connectivity index (χ2v) is 3.55. The number of alkyl halides is 3. The van der Waals surface area contributed by atoms with Crippen LogP contribution in [0.3, 0.4) is 0 Å². The van der Waals surface area contributed by atoms with E-state index in [-0.39, 0.29) is 16.0 Å². The highest BCUT2D eigenvalue weighted by molar-refractivity contribution is 9.10. The number of methoxy groups -OCH3 is 2. The molecule has 0 aliphatic heterocycles. The Bertz CT molecular complexity index is 363. The van der Waals surface area contributed by atoms with Crippen LogP contribution in [0.1, 0.15) is 5.56 Å². The van der Waals surface area contributed by atoms with Crippen LogP contribution in [0.2, 0.25) is 0 Å². The quantitative estimate of drug-likeness (QED) is 0.828. The average molecular weight is 285 g/mol. The Morgan fingerprint density at radius 1 is 1.13 bits per heavy atom. The smallest absolute Gasteiger partial charge is 0.416 e. The molecule has 0 unspecified atom stereocenters. The fourth-order valence-electron chi connectivity index (χ4n) is 1.08. The van der Waals surface area contributed by atoms with Gasteiger partial charge in [-0.25, -0.2) is 0 Å². The molecule has 0 fully saturated rings. The normalized spacial score (nSPS) is 11.3. The summed E-state index contributed by atoms with van der Waals surface area (Å²) in [6.07, 6.45) is -4.40. The molecule has 0 saturated heterocycles. The van der Waals surface area contributed by atoms with E-state index >= 15 is 0 Å². The van der Waals surface area contributed by atoms with Crippen molar-refractivity contribution in [3.8, 4) is 11.5 Å². The van der Waals surface area contributed by atoms with E-state index in [2.05, 4.69) is 15.9 Å². The monoisotopic (exact) mass is 284 g/mol. The number of hydrogen-bond acceptors (Lipinski definition) is 2. The third kappa shape index (κ3) is 2.56. The van der Waals surface area contributed by atoms with E-state index < -0.39 is 11.7 Å². The lowest BCUT2D eigenvalue weighted by Gasteiger charge is -2.13. The Hall–Kier alpha value is -0.910. The zero-order valence-corrected chi connectivity index (χ0v) is 9.57. The Kier molecular flexibility index (Phi) is 3.49. The van der Waals surface area contributed by atoms with Crippen LogP contribution in [0.25, 0.3) is 0 Å². The maximum absolute atomic E-state index is 12.4. The first kappa shape index (κ1) is 12.2.